The maximum atomic E-state index is 10.9. The van der Waals surface area contributed by atoms with Gasteiger partial charge >= 0.3 is 0 Å². The number of nitroso groups, excluding NO2 is 1. The third kappa shape index (κ3) is 4.02. The molecule has 102 valence electrons. The van der Waals surface area contributed by atoms with Gasteiger partial charge in [-0.2, -0.15) is 4.91 Å². The summed E-state index contributed by atoms with van der Waals surface area (Å²) in [7, 11) is 0. The molecule has 18 heavy (non-hydrogen) atoms. The van der Waals surface area contributed by atoms with Crippen LogP contribution in [-0.2, 0) is 4.79 Å². The van der Waals surface area contributed by atoms with Gasteiger partial charge in [-0.05, 0) is 42.9 Å². The average Bonchev–Trinajstić information content (AvgIpc) is 2.46. The minimum absolute atomic E-state index is 0.0769. The Labute approximate surface area is 109 Å². The Morgan fingerprint density at radius 2 is 2.11 bits per heavy atom. The van der Waals surface area contributed by atoms with Crippen LogP contribution >= 0.6 is 0 Å². The van der Waals surface area contributed by atoms with E-state index < -0.39 is 0 Å². The molecule has 0 amide bonds. The van der Waals surface area contributed by atoms with E-state index in [0.717, 1.165) is 38.5 Å². The molecule has 1 rings (SSSR count). The van der Waals surface area contributed by atoms with Gasteiger partial charge in [-0.15, -0.1) is 0 Å². The number of aliphatic imine (C=N–C) groups is 1. The lowest BCUT2D eigenvalue weighted by Crippen LogP contribution is -2.28. The Hall–Kier alpha value is -1.02. The molecule has 1 aliphatic rings. The van der Waals surface area contributed by atoms with Crippen LogP contribution in [0.5, 0.6) is 0 Å². The Morgan fingerprint density at radius 3 is 2.67 bits per heavy atom. The van der Waals surface area contributed by atoms with Gasteiger partial charge in [0.1, 0.15) is 0 Å². The Kier molecular flexibility index (Phi) is 5.21. The maximum absolute atomic E-state index is 10.9. The van der Waals surface area contributed by atoms with E-state index >= 15 is 0 Å². The van der Waals surface area contributed by atoms with Gasteiger partial charge in [-0.1, -0.05) is 32.4 Å². The summed E-state index contributed by atoms with van der Waals surface area (Å²) in [5, 5.41) is 3.29. The first-order valence-electron chi connectivity index (χ1n) is 6.83. The Balaban J connectivity index is 2.88. The summed E-state index contributed by atoms with van der Waals surface area (Å²) in [5.74, 6) is 0. The molecule has 0 saturated heterocycles. The zero-order valence-corrected chi connectivity index (χ0v) is 11.7. The van der Waals surface area contributed by atoms with Crippen LogP contribution in [0.2, 0.25) is 0 Å². The second-order valence-electron chi connectivity index (χ2n) is 6.42. The fourth-order valence-electron chi connectivity index (χ4n) is 3.40. The number of hydrogen-bond donors (Lipinski definition) is 0. The highest BCUT2D eigenvalue weighted by Gasteiger charge is 2.40. The molecule has 2 atom stereocenters. The quantitative estimate of drug-likeness (QED) is 0.323. The van der Waals surface area contributed by atoms with E-state index in [4.69, 9.17) is 0 Å². The highest BCUT2D eigenvalue weighted by molar-refractivity contribution is 5.32. The molecule has 0 aromatic heterocycles. The van der Waals surface area contributed by atoms with Gasteiger partial charge in [0.2, 0.25) is 6.08 Å². The van der Waals surface area contributed by atoms with Crippen LogP contribution in [0.15, 0.2) is 10.2 Å². The SMILES string of the molecule is CCC1(CCN=C=O)CC(N=O)CCC(C)(C)C1. The molecule has 0 aromatic carbocycles. The fraction of sp³-hybridized carbons (Fsp3) is 0.929. The zero-order chi connectivity index (χ0) is 13.6. The third-order valence-electron chi connectivity index (χ3n) is 4.39. The maximum Gasteiger partial charge on any atom is 0.234 e. The molecule has 0 aromatic rings. The predicted molar refractivity (Wildman–Crippen MR) is 72.2 cm³/mol. The Bertz CT molecular complexity index is 335. The molecule has 0 bridgehead atoms. The number of rotatable bonds is 5. The molecular weight excluding hydrogens is 228 g/mol. The standard InChI is InChI=1S/C14H24N2O2/c1-4-14(7-8-15-11-17)9-12(16-18)5-6-13(2,3)10-14/h12H,4-10H2,1-3H3. The van der Waals surface area contributed by atoms with Crippen molar-refractivity contribution >= 4 is 6.08 Å². The van der Waals surface area contributed by atoms with Crippen molar-refractivity contribution in [2.24, 2.45) is 21.0 Å². The molecule has 0 spiro atoms. The summed E-state index contributed by atoms with van der Waals surface area (Å²) < 4.78 is 0. The third-order valence-corrected chi connectivity index (χ3v) is 4.39. The van der Waals surface area contributed by atoms with Crippen molar-refractivity contribution in [3.8, 4) is 0 Å². The highest BCUT2D eigenvalue weighted by atomic mass is 16.3. The van der Waals surface area contributed by atoms with E-state index in [1.165, 1.54) is 0 Å². The van der Waals surface area contributed by atoms with Gasteiger partial charge in [-0.3, -0.25) is 0 Å². The number of hydrogen-bond acceptors (Lipinski definition) is 4. The second-order valence-corrected chi connectivity index (χ2v) is 6.42. The molecule has 4 heteroatoms. The molecule has 2 unspecified atom stereocenters. The molecular formula is C14H24N2O2. The van der Waals surface area contributed by atoms with E-state index in [0.29, 0.717) is 6.54 Å². The number of isocyanates is 1. The summed E-state index contributed by atoms with van der Waals surface area (Å²) in [6.45, 7) is 7.19. The summed E-state index contributed by atoms with van der Waals surface area (Å²) in [5.41, 5.74) is 0.333. The summed E-state index contributed by atoms with van der Waals surface area (Å²) >= 11 is 0. The first-order chi connectivity index (χ1) is 8.47. The van der Waals surface area contributed by atoms with Crippen molar-refractivity contribution < 1.29 is 4.79 Å². The van der Waals surface area contributed by atoms with E-state index in [-0.39, 0.29) is 16.9 Å². The minimum Gasteiger partial charge on any atom is -0.211 e. The lowest BCUT2D eigenvalue weighted by atomic mass is 9.68. The first-order valence-corrected chi connectivity index (χ1v) is 6.83. The molecule has 0 radical (unpaired) electrons. The fourth-order valence-corrected chi connectivity index (χ4v) is 3.40. The van der Waals surface area contributed by atoms with Crippen molar-refractivity contribution in [2.75, 3.05) is 6.54 Å². The predicted octanol–water partition coefficient (Wildman–Crippen LogP) is 3.84. The number of nitrogens with zero attached hydrogens (tertiary/aromatic N) is 2. The van der Waals surface area contributed by atoms with Crippen LogP contribution in [0, 0.1) is 15.7 Å². The van der Waals surface area contributed by atoms with E-state index in [1.54, 1.807) is 6.08 Å². The molecule has 4 nitrogen and oxygen atoms in total. The van der Waals surface area contributed by atoms with Gasteiger partial charge < -0.3 is 0 Å². The molecule has 1 saturated carbocycles. The van der Waals surface area contributed by atoms with E-state index in [1.807, 2.05) is 0 Å². The second kappa shape index (κ2) is 6.24. The van der Waals surface area contributed by atoms with E-state index in [9.17, 15) is 9.70 Å². The van der Waals surface area contributed by atoms with Gasteiger partial charge in [0, 0.05) is 0 Å². The van der Waals surface area contributed by atoms with Gasteiger partial charge in [0.25, 0.3) is 0 Å². The van der Waals surface area contributed by atoms with Gasteiger partial charge in [0.15, 0.2) is 0 Å². The Morgan fingerprint density at radius 1 is 1.39 bits per heavy atom. The van der Waals surface area contributed by atoms with Crippen LogP contribution < -0.4 is 0 Å². The smallest absolute Gasteiger partial charge is 0.211 e. The molecule has 1 aliphatic carbocycles. The van der Waals surface area contributed by atoms with Crippen molar-refractivity contribution in [2.45, 2.75) is 65.3 Å². The lowest BCUT2D eigenvalue weighted by Gasteiger charge is -2.37. The molecule has 0 heterocycles. The summed E-state index contributed by atoms with van der Waals surface area (Å²) in [6, 6.07) is -0.0769. The number of carbonyl (C=O) groups excluding carboxylic acids is 1. The lowest BCUT2D eigenvalue weighted by molar-refractivity contribution is 0.141. The minimum atomic E-state index is -0.0769. The molecule has 0 N–H and O–H groups in total. The largest absolute Gasteiger partial charge is 0.234 e. The summed E-state index contributed by atoms with van der Waals surface area (Å²) in [6.07, 6.45) is 7.31. The van der Waals surface area contributed by atoms with Crippen LogP contribution in [-0.4, -0.2) is 18.7 Å². The topological polar surface area (TPSA) is 58.9 Å². The van der Waals surface area contributed by atoms with Crippen LogP contribution in [0.25, 0.3) is 0 Å². The van der Waals surface area contributed by atoms with Crippen molar-refractivity contribution in [3.05, 3.63) is 4.91 Å². The van der Waals surface area contributed by atoms with Gasteiger partial charge in [0.05, 0.1) is 12.6 Å². The van der Waals surface area contributed by atoms with Gasteiger partial charge in [-0.25, -0.2) is 9.79 Å². The van der Waals surface area contributed by atoms with E-state index in [2.05, 4.69) is 30.9 Å². The van der Waals surface area contributed by atoms with Crippen LogP contribution in [0.4, 0.5) is 0 Å². The highest BCUT2D eigenvalue weighted by Crippen LogP contribution is 2.48. The summed E-state index contributed by atoms with van der Waals surface area (Å²) in [4.78, 5) is 24.8. The molecule has 1 fully saturated rings. The first kappa shape index (κ1) is 15.0. The van der Waals surface area contributed by atoms with Crippen molar-refractivity contribution in [1.29, 1.82) is 0 Å². The monoisotopic (exact) mass is 252 g/mol. The van der Waals surface area contributed by atoms with Crippen molar-refractivity contribution in [3.63, 3.8) is 0 Å². The zero-order valence-electron chi connectivity index (χ0n) is 11.7. The van der Waals surface area contributed by atoms with Crippen LogP contribution in [0.3, 0.4) is 0 Å². The normalized spacial score (nSPS) is 31.2. The van der Waals surface area contributed by atoms with Crippen LogP contribution in [0.1, 0.15) is 59.3 Å². The average molecular weight is 252 g/mol. The van der Waals surface area contributed by atoms with Crippen molar-refractivity contribution in [1.82, 2.24) is 0 Å². The molecule has 0 aliphatic heterocycles.